The van der Waals surface area contributed by atoms with Gasteiger partial charge in [0.05, 0.1) is 5.29 Å². The average molecular weight is 195 g/mol. The van der Waals surface area contributed by atoms with E-state index in [0.29, 0.717) is 18.8 Å². The predicted octanol–water partition coefficient (Wildman–Crippen LogP) is 1.12. The van der Waals surface area contributed by atoms with Gasteiger partial charge >= 0.3 is 5.97 Å². The van der Waals surface area contributed by atoms with Crippen LogP contribution in [0.3, 0.4) is 0 Å². The van der Waals surface area contributed by atoms with Crippen LogP contribution in [0.2, 0.25) is 0 Å². The number of ether oxygens (including phenoxy) is 1. The van der Waals surface area contributed by atoms with Crippen LogP contribution in [0, 0.1) is 4.91 Å². The zero-order valence-corrected chi connectivity index (χ0v) is 7.58. The standard InChI is InChI=1S/C6H11ClN2O3/c1-6(10)12-5-9(8-11)4-2-3-7/h2-5H2,1H3. The van der Waals surface area contributed by atoms with Crippen LogP contribution in [0.1, 0.15) is 13.3 Å². The molecule has 5 nitrogen and oxygen atoms in total. The number of halogens is 1. The highest BCUT2D eigenvalue weighted by atomic mass is 35.5. The molecule has 0 aliphatic rings. The second-order valence-electron chi connectivity index (χ2n) is 2.12. The Hall–Kier alpha value is -0.840. The molecule has 6 heteroatoms. The smallest absolute Gasteiger partial charge is 0.304 e. The van der Waals surface area contributed by atoms with Crippen LogP contribution in [0.25, 0.3) is 0 Å². The Kier molecular flexibility index (Phi) is 6.37. The third kappa shape index (κ3) is 5.91. The van der Waals surface area contributed by atoms with E-state index in [4.69, 9.17) is 11.6 Å². The summed E-state index contributed by atoms with van der Waals surface area (Å²) in [6.07, 6.45) is 0.633. The van der Waals surface area contributed by atoms with Gasteiger partial charge in [-0.3, -0.25) is 4.79 Å². The van der Waals surface area contributed by atoms with Crippen LogP contribution in [0.4, 0.5) is 0 Å². The quantitative estimate of drug-likeness (QED) is 0.209. The lowest BCUT2D eigenvalue weighted by Crippen LogP contribution is -2.23. The molecule has 0 N–H and O–H groups in total. The molecule has 0 saturated carbocycles. The largest absolute Gasteiger partial charge is 0.443 e. The van der Waals surface area contributed by atoms with Gasteiger partial charge in [-0.15, -0.1) is 16.5 Å². The molecular weight excluding hydrogens is 184 g/mol. The van der Waals surface area contributed by atoms with Gasteiger partial charge in [0, 0.05) is 19.3 Å². The van der Waals surface area contributed by atoms with Crippen molar-refractivity contribution in [2.24, 2.45) is 5.29 Å². The number of nitrogens with zero attached hydrogens (tertiary/aromatic N) is 2. The normalized spacial score (nSPS) is 9.17. The number of carbonyl (C=O) groups is 1. The minimum Gasteiger partial charge on any atom is -0.443 e. The van der Waals surface area contributed by atoms with Gasteiger partial charge in [-0.2, -0.15) is 0 Å². The fourth-order valence-electron chi connectivity index (χ4n) is 0.537. The van der Waals surface area contributed by atoms with E-state index in [9.17, 15) is 9.70 Å². The van der Waals surface area contributed by atoms with Crippen molar-refractivity contribution in [3.63, 3.8) is 0 Å². The van der Waals surface area contributed by atoms with Crippen LogP contribution in [0.5, 0.6) is 0 Å². The Morgan fingerprint density at radius 2 is 2.33 bits per heavy atom. The molecule has 0 atom stereocenters. The summed E-state index contributed by atoms with van der Waals surface area (Å²) in [5.74, 6) is 0.0149. The fourth-order valence-corrected chi connectivity index (χ4v) is 0.656. The van der Waals surface area contributed by atoms with Crippen molar-refractivity contribution in [1.82, 2.24) is 5.01 Å². The van der Waals surface area contributed by atoms with E-state index >= 15 is 0 Å². The molecule has 12 heavy (non-hydrogen) atoms. The van der Waals surface area contributed by atoms with Crippen LogP contribution in [0.15, 0.2) is 5.29 Å². The summed E-state index contributed by atoms with van der Waals surface area (Å²) in [7, 11) is 0. The number of rotatable bonds is 6. The Morgan fingerprint density at radius 1 is 1.67 bits per heavy atom. The van der Waals surface area contributed by atoms with Crippen molar-refractivity contribution in [2.45, 2.75) is 13.3 Å². The van der Waals surface area contributed by atoms with Crippen molar-refractivity contribution in [1.29, 1.82) is 0 Å². The topological polar surface area (TPSA) is 59.0 Å². The summed E-state index contributed by atoms with van der Waals surface area (Å²) in [6, 6.07) is 0. The third-order valence-electron chi connectivity index (χ3n) is 1.08. The summed E-state index contributed by atoms with van der Waals surface area (Å²) in [5, 5.41) is 3.75. The van der Waals surface area contributed by atoms with Crippen LogP contribution in [-0.2, 0) is 9.53 Å². The molecular formula is C6H11ClN2O3. The van der Waals surface area contributed by atoms with Gasteiger partial charge in [0.2, 0.25) is 0 Å². The van der Waals surface area contributed by atoms with E-state index in [0.717, 1.165) is 5.01 Å². The first-order chi connectivity index (χ1) is 5.70. The summed E-state index contributed by atoms with van der Waals surface area (Å²) >= 11 is 5.39. The molecule has 0 amide bonds. The molecule has 0 aromatic heterocycles. The van der Waals surface area contributed by atoms with Gasteiger partial charge in [-0.05, 0) is 6.42 Å². The summed E-state index contributed by atoms with van der Waals surface area (Å²) < 4.78 is 4.54. The maximum Gasteiger partial charge on any atom is 0.304 e. The van der Waals surface area contributed by atoms with Crippen LogP contribution >= 0.6 is 11.6 Å². The number of esters is 1. The molecule has 0 bridgehead atoms. The van der Waals surface area contributed by atoms with Gasteiger partial charge in [0.1, 0.15) is 0 Å². The predicted molar refractivity (Wildman–Crippen MR) is 44.5 cm³/mol. The van der Waals surface area contributed by atoms with E-state index < -0.39 is 5.97 Å². The van der Waals surface area contributed by atoms with Crippen molar-refractivity contribution >= 4 is 17.6 Å². The molecule has 0 heterocycles. The van der Waals surface area contributed by atoms with E-state index in [-0.39, 0.29) is 6.73 Å². The molecule has 0 radical (unpaired) electrons. The Bertz CT molecular complexity index is 154. The number of hydrogen-bond donors (Lipinski definition) is 0. The highest BCUT2D eigenvalue weighted by Gasteiger charge is 2.03. The monoisotopic (exact) mass is 194 g/mol. The fraction of sp³-hybridized carbons (Fsp3) is 0.833. The lowest BCUT2D eigenvalue weighted by molar-refractivity contribution is -0.145. The maximum atomic E-state index is 10.3. The molecule has 0 aromatic rings. The lowest BCUT2D eigenvalue weighted by atomic mass is 10.5. The average Bonchev–Trinajstić information content (AvgIpc) is 2.05. The summed E-state index contributed by atoms with van der Waals surface area (Å²) in [4.78, 5) is 20.4. The minimum atomic E-state index is -0.436. The van der Waals surface area contributed by atoms with Gasteiger partial charge < -0.3 is 4.74 Å². The molecule has 0 rings (SSSR count). The van der Waals surface area contributed by atoms with Gasteiger partial charge in [-0.1, -0.05) is 0 Å². The second-order valence-corrected chi connectivity index (χ2v) is 2.50. The van der Waals surface area contributed by atoms with E-state index in [1.54, 1.807) is 0 Å². The second kappa shape index (κ2) is 6.84. The maximum absolute atomic E-state index is 10.3. The number of hydrogen-bond acceptors (Lipinski definition) is 4. The zero-order chi connectivity index (χ0) is 9.40. The lowest BCUT2D eigenvalue weighted by Gasteiger charge is -2.12. The molecule has 0 spiro atoms. The highest BCUT2D eigenvalue weighted by molar-refractivity contribution is 6.17. The van der Waals surface area contributed by atoms with Crippen LogP contribution in [-0.4, -0.2) is 30.1 Å². The highest BCUT2D eigenvalue weighted by Crippen LogP contribution is 1.94. The van der Waals surface area contributed by atoms with Crippen molar-refractivity contribution in [3.8, 4) is 0 Å². The van der Waals surface area contributed by atoms with E-state index in [1.165, 1.54) is 6.92 Å². The van der Waals surface area contributed by atoms with Crippen molar-refractivity contribution < 1.29 is 9.53 Å². The molecule has 70 valence electrons. The number of alkyl halides is 1. The first-order valence-electron chi connectivity index (χ1n) is 3.48. The minimum absolute atomic E-state index is 0.101. The third-order valence-corrected chi connectivity index (χ3v) is 1.35. The molecule has 0 aliphatic carbocycles. The summed E-state index contributed by atoms with van der Waals surface area (Å²) in [5.41, 5.74) is 0. The van der Waals surface area contributed by atoms with Crippen LogP contribution < -0.4 is 0 Å². The molecule has 0 fully saturated rings. The van der Waals surface area contributed by atoms with E-state index in [2.05, 4.69) is 10.0 Å². The zero-order valence-electron chi connectivity index (χ0n) is 6.83. The van der Waals surface area contributed by atoms with Gasteiger partial charge in [-0.25, -0.2) is 5.01 Å². The Labute approximate surface area is 75.6 Å². The molecule has 0 aromatic carbocycles. The SMILES string of the molecule is CC(=O)OCN(CCCCl)N=O. The number of carbonyl (C=O) groups excluding carboxylic acids is 1. The van der Waals surface area contributed by atoms with E-state index in [1.807, 2.05) is 0 Å². The number of nitroso groups, excluding NO2 is 1. The molecule has 0 saturated heterocycles. The van der Waals surface area contributed by atoms with Gasteiger partial charge in [0.25, 0.3) is 0 Å². The Morgan fingerprint density at radius 3 is 2.75 bits per heavy atom. The first-order valence-corrected chi connectivity index (χ1v) is 4.01. The van der Waals surface area contributed by atoms with Gasteiger partial charge in [0.15, 0.2) is 6.73 Å². The van der Waals surface area contributed by atoms with Crippen molar-refractivity contribution in [3.05, 3.63) is 4.91 Å². The van der Waals surface area contributed by atoms with Crippen molar-refractivity contribution in [2.75, 3.05) is 19.2 Å². The molecule has 0 unspecified atom stereocenters. The summed E-state index contributed by atoms with van der Waals surface area (Å²) in [6.45, 7) is 1.57. The first kappa shape index (κ1) is 11.2. The molecule has 0 aliphatic heterocycles. The Balaban J connectivity index is 3.52.